The lowest BCUT2D eigenvalue weighted by molar-refractivity contribution is -0.148. The van der Waals surface area contributed by atoms with Crippen molar-refractivity contribution in [1.82, 2.24) is 0 Å². The fourth-order valence-electron chi connectivity index (χ4n) is 0.811. The molecule has 3 nitrogen and oxygen atoms in total. The van der Waals surface area contributed by atoms with Crippen LogP contribution in [0.5, 0.6) is 0 Å². The highest BCUT2D eigenvalue weighted by Gasteiger charge is 2.25. The molecule has 0 radical (unpaired) electrons. The summed E-state index contributed by atoms with van der Waals surface area (Å²) in [6.07, 6.45) is 3.26. The van der Waals surface area contributed by atoms with E-state index in [0.29, 0.717) is 0 Å². The van der Waals surface area contributed by atoms with E-state index < -0.39 is 0 Å². The highest BCUT2D eigenvalue weighted by atomic mass is 16.5. The van der Waals surface area contributed by atoms with Crippen molar-refractivity contribution in [1.29, 1.82) is 0 Å². The summed E-state index contributed by atoms with van der Waals surface area (Å²) in [4.78, 5) is 10.6. The number of rotatable bonds is 1. The van der Waals surface area contributed by atoms with Gasteiger partial charge < -0.3 is 10.2 Å². The molecule has 0 saturated heterocycles. The van der Waals surface area contributed by atoms with Crippen LogP contribution in [0.2, 0.25) is 0 Å². The average Bonchev–Trinajstić information content (AvgIpc) is 1.62. The maximum Gasteiger partial charge on any atom is 0.308 e. The summed E-state index contributed by atoms with van der Waals surface area (Å²) in [7, 11) is 1.45. The molecule has 1 aliphatic rings. The van der Waals surface area contributed by atoms with E-state index in [2.05, 4.69) is 4.74 Å². The minimum Gasteiger partial charge on any atom is -0.469 e. The highest BCUT2D eigenvalue weighted by Crippen LogP contribution is 2.26. The Labute approximate surface area is 54.3 Å². The first kappa shape index (κ1) is 8.43. The summed E-state index contributed by atoms with van der Waals surface area (Å²) in [5.41, 5.74) is 0. The van der Waals surface area contributed by atoms with Crippen molar-refractivity contribution in [3.8, 4) is 0 Å². The van der Waals surface area contributed by atoms with Crippen LogP contribution in [0.15, 0.2) is 0 Å². The molecular formula is C6H12O3. The second kappa shape index (κ2) is 3.45. The molecule has 3 heteroatoms. The number of carbonyl (C=O) groups excluding carboxylic acids is 1. The van der Waals surface area contributed by atoms with E-state index >= 15 is 0 Å². The van der Waals surface area contributed by atoms with Crippen molar-refractivity contribution in [3.63, 3.8) is 0 Å². The third-order valence-electron chi connectivity index (χ3n) is 1.64. The predicted molar refractivity (Wildman–Crippen MR) is 33.0 cm³/mol. The first-order chi connectivity index (χ1) is 3.84. The molecule has 1 aliphatic carbocycles. The molecule has 54 valence electrons. The summed E-state index contributed by atoms with van der Waals surface area (Å²) in [5.74, 6) is 0.205. The van der Waals surface area contributed by atoms with Gasteiger partial charge in [0.1, 0.15) is 0 Å². The molecule has 0 aromatic rings. The minimum atomic E-state index is -0.0312. The smallest absolute Gasteiger partial charge is 0.308 e. The van der Waals surface area contributed by atoms with Gasteiger partial charge in [-0.05, 0) is 12.8 Å². The number of hydrogen-bond donors (Lipinski definition) is 0. The second-order valence-electron chi connectivity index (χ2n) is 2.15. The van der Waals surface area contributed by atoms with Crippen LogP contribution in [0.3, 0.4) is 0 Å². The molecule has 1 fully saturated rings. The Balaban J connectivity index is 0.000000640. The van der Waals surface area contributed by atoms with Crippen LogP contribution >= 0.6 is 0 Å². The third kappa shape index (κ3) is 1.68. The lowest BCUT2D eigenvalue weighted by atomic mass is 9.86. The van der Waals surface area contributed by atoms with Crippen molar-refractivity contribution in [2.24, 2.45) is 5.92 Å². The molecule has 0 amide bonds. The van der Waals surface area contributed by atoms with Gasteiger partial charge in [0, 0.05) is 0 Å². The van der Waals surface area contributed by atoms with Gasteiger partial charge in [0.05, 0.1) is 13.0 Å². The zero-order valence-corrected chi connectivity index (χ0v) is 5.52. The molecule has 0 heterocycles. The van der Waals surface area contributed by atoms with Gasteiger partial charge in [-0.15, -0.1) is 0 Å². The Hall–Kier alpha value is -0.570. The lowest BCUT2D eigenvalue weighted by Crippen LogP contribution is -2.22. The van der Waals surface area contributed by atoms with Crippen molar-refractivity contribution in [2.75, 3.05) is 7.11 Å². The average molecular weight is 132 g/mol. The van der Waals surface area contributed by atoms with E-state index in [1.165, 1.54) is 13.5 Å². The summed E-state index contributed by atoms with van der Waals surface area (Å²) in [6.45, 7) is 0. The summed E-state index contributed by atoms with van der Waals surface area (Å²) in [6, 6.07) is 0. The van der Waals surface area contributed by atoms with Crippen LogP contribution in [0.4, 0.5) is 0 Å². The van der Waals surface area contributed by atoms with Crippen LogP contribution in [-0.2, 0) is 9.53 Å². The van der Waals surface area contributed by atoms with Gasteiger partial charge in [-0.3, -0.25) is 4.79 Å². The predicted octanol–water partition coefficient (Wildman–Crippen LogP) is 0.135. The molecule has 0 aromatic carbocycles. The molecule has 0 aromatic heterocycles. The van der Waals surface area contributed by atoms with E-state index in [9.17, 15) is 4.79 Å². The molecule has 1 saturated carbocycles. The zero-order valence-electron chi connectivity index (χ0n) is 5.52. The zero-order chi connectivity index (χ0) is 5.98. The highest BCUT2D eigenvalue weighted by molar-refractivity contribution is 5.72. The molecule has 0 unspecified atom stereocenters. The summed E-state index contributed by atoms with van der Waals surface area (Å²) < 4.78 is 4.52. The Morgan fingerprint density at radius 2 is 2.11 bits per heavy atom. The van der Waals surface area contributed by atoms with Crippen molar-refractivity contribution >= 4 is 5.97 Å². The standard InChI is InChI=1S/C6H10O2.H2O/c1-8-6(7)5-3-2-4-5;/h5H,2-4H2,1H3;1H2. The number of methoxy groups -OCH3 is 1. The van der Waals surface area contributed by atoms with Crippen molar-refractivity contribution in [3.05, 3.63) is 0 Å². The second-order valence-corrected chi connectivity index (χ2v) is 2.15. The molecule has 9 heavy (non-hydrogen) atoms. The van der Waals surface area contributed by atoms with Gasteiger partial charge in [-0.25, -0.2) is 0 Å². The van der Waals surface area contributed by atoms with E-state index in [0.717, 1.165) is 12.8 Å². The lowest BCUT2D eigenvalue weighted by Gasteiger charge is -2.21. The van der Waals surface area contributed by atoms with E-state index in [4.69, 9.17) is 0 Å². The first-order valence-corrected chi connectivity index (χ1v) is 2.92. The van der Waals surface area contributed by atoms with E-state index in [-0.39, 0.29) is 17.4 Å². The number of hydrogen-bond acceptors (Lipinski definition) is 2. The molecule has 0 aliphatic heterocycles. The Bertz CT molecular complexity index is 96.5. The molecule has 0 bridgehead atoms. The molecule has 0 atom stereocenters. The van der Waals surface area contributed by atoms with Crippen LogP contribution < -0.4 is 0 Å². The molecule has 2 N–H and O–H groups in total. The van der Waals surface area contributed by atoms with Gasteiger partial charge in [0.25, 0.3) is 0 Å². The fraction of sp³-hybridized carbons (Fsp3) is 0.833. The van der Waals surface area contributed by atoms with Gasteiger partial charge in [0.2, 0.25) is 0 Å². The topological polar surface area (TPSA) is 57.8 Å². The fourth-order valence-corrected chi connectivity index (χ4v) is 0.811. The van der Waals surface area contributed by atoms with Gasteiger partial charge in [0.15, 0.2) is 0 Å². The van der Waals surface area contributed by atoms with Gasteiger partial charge >= 0.3 is 5.97 Å². The Morgan fingerprint density at radius 3 is 2.22 bits per heavy atom. The SMILES string of the molecule is COC(=O)C1CCC1.O. The third-order valence-corrected chi connectivity index (χ3v) is 1.64. The van der Waals surface area contributed by atoms with E-state index in [1.807, 2.05) is 0 Å². The maximum atomic E-state index is 10.6. The van der Waals surface area contributed by atoms with Gasteiger partial charge in [-0.1, -0.05) is 6.42 Å². The van der Waals surface area contributed by atoms with Crippen LogP contribution in [0.25, 0.3) is 0 Å². The monoisotopic (exact) mass is 132 g/mol. The minimum absolute atomic E-state index is 0. The Kier molecular flexibility index (Phi) is 3.24. The quantitative estimate of drug-likeness (QED) is 0.476. The maximum absolute atomic E-state index is 10.6. The van der Waals surface area contributed by atoms with Crippen LogP contribution in [0, 0.1) is 5.92 Å². The molecule has 1 rings (SSSR count). The Morgan fingerprint density at radius 1 is 1.56 bits per heavy atom. The normalized spacial score (nSPS) is 17.4. The number of carbonyl (C=O) groups is 1. The molecule has 0 spiro atoms. The summed E-state index contributed by atoms with van der Waals surface area (Å²) in [5, 5.41) is 0. The first-order valence-electron chi connectivity index (χ1n) is 2.92. The molecular weight excluding hydrogens is 120 g/mol. The van der Waals surface area contributed by atoms with Crippen LogP contribution in [0.1, 0.15) is 19.3 Å². The van der Waals surface area contributed by atoms with Gasteiger partial charge in [-0.2, -0.15) is 0 Å². The van der Waals surface area contributed by atoms with Crippen molar-refractivity contribution in [2.45, 2.75) is 19.3 Å². The van der Waals surface area contributed by atoms with E-state index in [1.54, 1.807) is 0 Å². The van der Waals surface area contributed by atoms with Crippen LogP contribution in [-0.4, -0.2) is 18.6 Å². The largest absolute Gasteiger partial charge is 0.469 e. The van der Waals surface area contributed by atoms with Crippen molar-refractivity contribution < 1.29 is 15.0 Å². The number of esters is 1. The summed E-state index contributed by atoms with van der Waals surface area (Å²) >= 11 is 0. The number of ether oxygens (including phenoxy) is 1.